The number of aliphatic hydroxyl groups is 1. The second-order valence-electron chi connectivity index (χ2n) is 4.07. The zero-order chi connectivity index (χ0) is 11.1. The molecule has 0 aliphatic heterocycles. The van der Waals surface area contributed by atoms with Crippen molar-refractivity contribution in [2.45, 2.75) is 31.8 Å². The van der Waals surface area contributed by atoms with E-state index in [1.807, 2.05) is 0 Å². The molecular weight excluding hydrogens is 194 g/mol. The van der Waals surface area contributed by atoms with Gasteiger partial charge in [-0.15, -0.1) is 0 Å². The first-order valence-electron chi connectivity index (χ1n) is 5.46. The Morgan fingerprint density at radius 3 is 2.60 bits per heavy atom. The molecule has 1 aliphatic rings. The van der Waals surface area contributed by atoms with Crippen molar-refractivity contribution < 1.29 is 15.0 Å². The summed E-state index contributed by atoms with van der Waals surface area (Å²) in [7, 11) is 0. The number of carboxylic acid groups (broad SMARTS) is 1. The minimum atomic E-state index is -0.905. The molecule has 0 spiro atoms. The van der Waals surface area contributed by atoms with Crippen LogP contribution in [0.15, 0.2) is 12.2 Å². The highest BCUT2D eigenvalue weighted by atomic mass is 16.4. The van der Waals surface area contributed by atoms with Crippen molar-refractivity contribution in [3.8, 4) is 0 Å². The summed E-state index contributed by atoms with van der Waals surface area (Å²) in [5.74, 6) is -0.274. The van der Waals surface area contributed by atoms with Gasteiger partial charge in [0, 0.05) is 12.6 Å². The summed E-state index contributed by atoms with van der Waals surface area (Å²) in [6.07, 6.45) is 6.59. The third-order valence-electron chi connectivity index (χ3n) is 2.77. The Bertz CT molecular complexity index is 220. The first-order chi connectivity index (χ1) is 7.18. The largest absolute Gasteiger partial charge is 0.478 e. The molecule has 86 valence electrons. The van der Waals surface area contributed by atoms with Gasteiger partial charge in [-0.3, -0.25) is 0 Å². The predicted molar refractivity (Wildman–Crippen MR) is 57.6 cm³/mol. The van der Waals surface area contributed by atoms with Crippen molar-refractivity contribution in [3.05, 3.63) is 12.2 Å². The van der Waals surface area contributed by atoms with Crippen molar-refractivity contribution in [1.82, 2.24) is 5.32 Å². The fourth-order valence-corrected chi connectivity index (χ4v) is 1.88. The van der Waals surface area contributed by atoms with Gasteiger partial charge in [-0.25, -0.2) is 4.79 Å². The highest BCUT2D eigenvalue weighted by Crippen LogP contribution is 2.23. The number of hydrogen-bond acceptors (Lipinski definition) is 3. The van der Waals surface area contributed by atoms with E-state index in [1.165, 1.54) is 0 Å². The van der Waals surface area contributed by atoms with E-state index in [9.17, 15) is 9.90 Å². The maximum absolute atomic E-state index is 10.2. The van der Waals surface area contributed by atoms with Crippen LogP contribution in [0.2, 0.25) is 0 Å². The topological polar surface area (TPSA) is 69.6 Å². The minimum Gasteiger partial charge on any atom is -0.478 e. The van der Waals surface area contributed by atoms with E-state index in [4.69, 9.17) is 5.11 Å². The van der Waals surface area contributed by atoms with Crippen LogP contribution in [0.25, 0.3) is 0 Å². The fourth-order valence-electron chi connectivity index (χ4n) is 1.88. The first kappa shape index (κ1) is 12.2. The van der Waals surface area contributed by atoms with Crippen LogP contribution in [0.1, 0.15) is 25.7 Å². The zero-order valence-electron chi connectivity index (χ0n) is 8.85. The average molecular weight is 213 g/mol. The number of hydrogen-bond donors (Lipinski definition) is 3. The smallest absolute Gasteiger partial charge is 0.328 e. The quantitative estimate of drug-likeness (QED) is 0.466. The summed E-state index contributed by atoms with van der Waals surface area (Å²) in [5.41, 5.74) is 0. The molecule has 1 saturated carbocycles. The normalized spacial score (nSPS) is 27.0. The maximum atomic E-state index is 10.2. The van der Waals surface area contributed by atoms with Crippen molar-refractivity contribution in [1.29, 1.82) is 0 Å². The SMILES string of the molecule is O=C(O)/C=C/CNCC1CCC(O)CC1. The van der Waals surface area contributed by atoms with E-state index in [1.54, 1.807) is 6.08 Å². The summed E-state index contributed by atoms with van der Waals surface area (Å²) < 4.78 is 0. The summed E-state index contributed by atoms with van der Waals surface area (Å²) in [6, 6.07) is 0. The average Bonchev–Trinajstić information content (AvgIpc) is 2.20. The Morgan fingerprint density at radius 2 is 2.00 bits per heavy atom. The molecule has 0 saturated heterocycles. The van der Waals surface area contributed by atoms with E-state index in [0.717, 1.165) is 38.3 Å². The molecule has 0 bridgehead atoms. The van der Waals surface area contributed by atoms with Gasteiger partial charge in [0.2, 0.25) is 0 Å². The van der Waals surface area contributed by atoms with Crippen molar-refractivity contribution >= 4 is 5.97 Å². The Hall–Kier alpha value is -0.870. The van der Waals surface area contributed by atoms with Crippen molar-refractivity contribution in [3.63, 3.8) is 0 Å². The van der Waals surface area contributed by atoms with Crippen LogP contribution >= 0.6 is 0 Å². The highest BCUT2D eigenvalue weighted by molar-refractivity contribution is 5.79. The van der Waals surface area contributed by atoms with E-state index in [-0.39, 0.29) is 6.10 Å². The molecule has 0 aromatic carbocycles. The monoisotopic (exact) mass is 213 g/mol. The lowest BCUT2D eigenvalue weighted by Crippen LogP contribution is -2.28. The van der Waals surface area contributed by atoms with E-state index >= 15 is 0 Å². The molecule has 1 fully saturated rings. The molecule has 0 aromatic heterocycles. The summed E-state index contributed by atoms with van der Waals surface area (Å²) in [6.45, 7) is 1.52. The Balaban J connectivity index is 2.03. The number of carbonyl (C=O) groups is 1. The van der Waals surface area contributed by atoms with Crippen molar-refractivity contribution in [2.24, 2.45) is 5.92 Å². The number of carboxylic acids is 1. The molecule has 0 aromatic rings. The molecule has 0 atom stereocenters. The van der Waals surface area contributed by atoms with Crippen LogP contribution in [0.3, 0.4) is 0 Å². The molecule has 4 nitrogen and oxygen atoms in total. The van der Waals surface area contributed by atoms with Crippen LogP contribution in [-0.2, 0) is 4.79 Å². The Labute approximate surface area is 90.0 Å². The summed E-state index contributed by atoms with van der Waals surface area (Å²) in [4.78, 5) is 10.2. The molecule has 0 radical (unpaired) electrons. The summed E-state index contributed by atoms with van der Waals surface area (Å²) in [5, 5.41) is 20.8. The van der Waals surface area contributed by atoms with Gasteiger partial charge in [-0.05, 0) is 38.1 Å². The van der Waals surface area contributed by atoms with Crippen LogP contribution in [0.4, 0.5) is 0 Å². The zero-order valence-corrected chi connectivity index (χ0v) is 8.85. The lowest BCUT2D eigenvalue weighted by atomic mass is 9.87. The molecule has 1 aliphatic carbocycles. The van der Waals surface area contributed by atoms with Crippen molar-refractivity contribution in [2.75, 3.05) is 13.1 Å². The molecule has 1 rings (SSSR count). The number of rotatable bonds is 5. The molecule has 15 heavy (non-hydrogen) atoms. The Kier molecular flexibility index (Phi) is 5.36. The van der Waals surface area contributed by atoms with Gasteiger partial charge in [-0.2, -0.15) is 0 Å². The van der Waals surface area contributed by atoms with Crippen LogP contribution in [0.5, 0.6) is 0 Å². The van der Waals surface area contributed by atoms with E-state index < -0.39 is 5.97 Å². The fraction of sp³-hybridized carbons (Fsp3) is 0.727. The highest BCUT2D eigenvalue weighted by Gasteiger charge is 2.18. The van der Waals surface area contributed by atoms with Gasteiger partial charge in [0.05, 0.1) is 6.10 Å². The predicted octanol–water partition coefficient (Wildman–Crippen LogP) is 0.768. The number of aliphatic hydroxyl groups excluding tert-OH is 1. The lowest BCUT2D eigenvalue weighted by molar-refractivity contribution is -0.131. The van der Waals surface area contributed by atoms with Gasteiger partial charge in [-0.1, -0.05) is 6.08 Å². The van der Waals surface area contributed by atoms with E-state index in [0.29, 0.717) is 12.5 Å². The lowest BCUT2D eigenvalue weighted by Gasteiger charge is -2.25. The van der Waals surface area contributed by atoms with Gasteiger partial charge in [0.25, 0.3) is 0 Å². The van der Waals surface area contributed by atoms with Gasteiger partial charge >= 0.3 is 5.97 Å². The molecular formula is C11H19NO3. The molecule has 0 heterocycles. The number of aliphatic carboxylic acids is 1. The van der Waals surface area contributed by atoms with Gasteiger partial charge in [0.15, 0.2) is 0 Å². The second-order valence-corrected chi connectivity index (χ2v) is 4.07. The van der Waals surface area contributed by atoms with Crippen LogP contribution < -0.4 is 5.32 Å². The molecule has 0 amide bonds. The third-order valence-corrected chi connectivity index (χ3v) is 2.77. The number of nitrogens with one attached hydrogen (secondary N) is 1. The maximum Gasteiger partial charge on any atom is 0.328 e. The second kappa shape index (κ2) is 6.58. The molecule has 4 heteroatoms. The van der Waals surface area contributed by atoms with Crippen LogP contribution in [-0.4, -0.2) is 35.4 Å². The first-order valence-corrected chi connectivity index (χ1v) is 5.46. The molecule has 0 unspecified atom stereocenters. The van der Waals surface area contributed by atoms with Gasteiger partial charge in [0.1, 0.15) is 0 Å². The van der Waals surface area contributed by atoms with E-state index in [2.05, 4.69) is 5.32 Å². The Morgan fingerprint density at radius 1 is 1.33 bits per heavy atom. The van der Waals surface area contributed by atoms with Gasteiger partial charge < -0.3 is 15.5 Å². The minimum absolute atomic E-state index is 0.104. The third kappa shape index (κ3) is 5.54. The summed E-state index contributed by atoms with van der Waals surface area (Å²) >= 11 is 0. The standard InChI is InChI=1S/C11H19NO3/c13-10-5-3-9(4-6-10)8-12-7-1-2-11(14)15/h1-2,9-10,12-13H,3-8H2,(H,14,15)/b2-1+. The van der Waals surface area contributed by atoms with Crippen LogP contribution in [0, 0.1) is 5.92 Å². The molecule has 3 N–H and O–H groups in total.